The van der Waals surface area contributed by atoms with Gasteiger partial charge in [0, 0.05) is 0 Å². The van der Waals surface area contributed by atoms with Gasteiger partial charge in [-0.05, 0) is 42.8 Å². The van der Waals surface area contributed by atoms with Gasteiger partial charge in [0.05, 0.1) is 30.8 Å². The normalized spacial score (nSPS) is 16.8. The molecule has 0 radical (unpaired) electrons. The minimum atomic E-state index is -0.522. The summed E-state index contributed by atoms with van der Waals surface area (Å²) < 4.78 is 4.65. The van der Waals surface area contributed by atoms with Crippen LogP contribution in [0.4, 0.5) is 5.69 Å². The molecule has 6 nitrogen and oxygen atoms in total. The number of hydrogen-bond acceptors (Lipinski definition) is 5. The van der Waals surface area contributed by atoms with Crippen molar-refractivity contribution in [2.24, 2.45) is 0 Å². The summed E-state index contributed by atoms with van der Waals surface area (Å²) in [5.74, 6) is -0.983. The Hall–Kier alpha value is -2.99. The molecule has 0 bridgehead atoms. The van der Waals surface area contributed by atoms with E-state index in [1.165, 1.54) is 29.7 Å². The van der Waals surface area contributed by atoms with Gasteiger partial charge in [0.1, 0.15) is 0 Å². The maximum atomic E-state index is 12.6. The van der Waals surface area contributed by atoms with Crippen molar-refractivity contribution in [3.8, 4) is 0 Å². The maximum absolute atomic E-state index is 12.6. The van der Waals surface area contributed by atoms with Crippen LogP contribution in [0.5, 0.6) is 0 Å². The van der Waals surface area contributed by atoms with Gasteiger partial charge in [-0.2, -0.15) is 0 Å². The second-order valence-corrected chi connectivity index (χ2v) is 6.05. The first-order chi connectivity index (χ1) is 12.6. The number of carbonyl (C=O) groups is 3. The average molecular weight is 352 g/mol. The minimum absolute atomic E-state index is 0.131. The van der Waals surface area contributed by atoms with E-state index >= 15 is 0 Å². The van der Waals surface area contributed by atoms with E-state index in [-0.39, 0.29) is 18.2 Å². The quantitative estimate of drug-likeness (QED) is 0.635. The molecule has 3 rings (SSSR count). The third kappa shape index (κ3) is 3.81. The number of esters is 1. The van der Waals surface area contributed by atoms with E-state index in [0.29, 0.717) is 17.8 Å². The van der Waals surface area contributed by atoms with Crippen molar-refractivity contribution < 1.29 is 19.1 Å². The van der Waals surface area contributed by atoms with Gasteiger partial charge in [-0.25, -0.2) is 9.69 Å². The largest absolute Gasteiger partial charge is 0.465 e. The fourth-order valence-corrected chi connectivity index (χ4v) is 2.96. The van der Waals surface area contributed by atoms with Gasteiger partial charge < -0.3 is 10.1 Å². The number of benzene rings is 2. The fourth-order valence-electron chi connectivity index (χ4n) is 2.96. The molecule has 1 fully saturated rings. The second-order valence-electron chi connectivity index (χ2n) is 6.05. The van der Waals surface area contributed by atoms with Crippen molar-refractivity contribution in [3.63, 3.8) is 0 Å². The average Bonchev–Trinajstić information content (AvgIpc) is 2.95. The second kappa shape index (κ2) is 7.93. The van der Waals surface area contributed by atoms with Crippen molar-refractivity contribution in [2.45, 2.75) is 18.9 Å². The summed E-state index contributed by atoms with van der Waals surface area (Å²) in [6.45, 7) is 0.614. The molecule has 134 valence electrons. The molecule has 2 aromatic carbocycles. The highest BCUT2D eigenvalue weighted by molar-refractivity contribution is 6.22. The third-order valence-corrected chi connectivity index (χ3v) is 4.34. The Labute approximate surface area is 151 Å². The Bertz CT molecular complexity index is 802. The number of nitrogens with zero attached hydrogens (tertiary/aromatic N) is 1. The first-order valence-corrected chi connectivity index (χ1v) is 8.42. The highest BCUT2D eigenvalue weighted by Crippen LogP contribution is 2.23. The van der Waals surface area contributed by atoms with Gasteiger partial charge in [-0.3, -0.25) is 9.59 Å². The standard InChI is InChI=1S/C20H20N2O4/c1-26-20(25)15-7-9-16(10-8-15)22-18(23)13-17(19(22)24)21-12-11-14-5-3-2-4-6-14/h2-10,17,21H,11-13H2,1H3/t17-/m1/s1. The molecule has 26 heavy (non-hydrogen) atoms. The molecular formula is C20H20N2O4. The molecule has 1 aliphatic rings. The van der Waals surface area contributed by atoms with E-state index < -0.39 is 12.0 Å². The Kier molecular flexibility index (Phi) is 5.43. The molecule has 0 saturated carbocycles. The number of imide groups is 1. The van der Waals surface area contributed by atoms with E-state index in [9.17, 15) is 14.4 Å². The summed E-state index contributed by atoms with van der Waals surface area (Å²) in [7, 11) is 1.30. The summed E-state index contributed by atoms with van der Waals surface area (Å²) in [6, 6.07) is 15.7. The molecule has 1 heterocycles. The number of anilines is 1. The molecule has 0 aliphatic carbocycles. The molecule has 0 spiro atoms. The molecule has 1 N–H and O–H groups in total. The van der Waals surface area contributed by atoms with Gasteiger partial charge in [-0.15, -0.1) is 0 Å². The monoisotopic (exact) mass is 352 g/mol. The maximum Gasteiger partial charge on any atom is 0.337 e. The van der Waals surface area contributed by atoms with Crippen LogP contribution in [0.2, 0.25) is 0 Å². The van der Waals surface area contributed by atoms with Crippen molar-refractivity contribution in [1.82, 2.24) is 5.32 Å². The van der Waals surface area contributed by atoms with Crippen LogP contribution in [-0.2, 0) is 20.7 Å². The van der Waals surface area contributed by atoms with E-state index in [2.05, 4.69) is 10.1 Å². The van der Waals surface area contributed by atoms with Gasteiger partial charge in [0.2, 0.25) is 5.91 Å². The summed E-state index contributed by atoms with van der Waals surface area (Å²) in [4.78, 5) is 37.5. The van der Waals surface area contributed by atoms with Crippen LogP contribution in [0.1, 0.15) is 22.3 Å². The van der Waals surface area contributed by atoms with Crippen molar-refractivity contribution in [2.75, 3.05) is 18.6 Å². The molecule has 2 aromatic rings. The van der Waals surface area contributed by atoms with E-state index in [0.717, 1.165) is 6.42 Å². The predicted octanol–water partition coefficient (Wildman–Crippen LogP) is 1.94. The number of methoxy groups -OCH3 is 1. The Morgan fingerprint density at radius 2 is 1.81 bits per heavy atom. The third-order valence-electron chi connectivity index (χ3n) is 4.34. The van der Waals surface area contributed by atoms with Gasteiger partial charge in [0.15, 0.2) is 0 Å². The zero-order valence-corrected chi connectivity index (χ0v) is 14.5. The lowest BCUT2D eigenvalue weighted by atomic mass is 10.1. The molecule has 6 heteroatoms. The van der Waals surface area contributed by atoms with Crippen molar-refractivity contribution in [1.29, 1.82) is 0 Å². The summed E-state index contributed by atoms with van der Waals surface area (Å²) in [6.07, 6.45) is 0.916. The molecular weight excluding hydrogens is 332 g/mol. The SMILES string of the molecule is COC(=O)c1ccc(N2C(=O)C[C@@H](NCCc3ccccc3)C2=O)cc1. The summed E-state index contributed by atoms with van der Waals surface area (Å²) in [5.41, 5.74) is 2.00. The Morgan fingerprint density at radius 3 is 2.46 bits per heavy atom. The van der Waals surface area contributed by atoms with Crippen molar-refractivity contribution in [3.05, 3.63) is 65.7 Å². The van der Waals surface area contributed by atoms with E-state index in [4.69, 9.17) is 0 Å². The highest BCUT2D eigenvalue weighted by Gasteiger charge is 2.39. The topological polar surface area (TPSA) is 75.7 Å². The predicted molar refractivity (Wildman–Crippen MR) is 96.8 cm³/mol. The van der Waals surface area contributed by atoms with Gasteiger partial charge in [-0.1, -0.05) is 30.3 Å². The minimum Gasteiger partial charge on any atom is -0.465 e. The molecule has 1 aliphatic heterocycles. The lowest BCUT2D eigenvalue weighted by molar-refractivity contribution is -0.121. The number of nitrogens with one attached hydrogen (secondary N) is 1. The number of amides is 2. The smallest absolute Gasteiger partial charge is 0.337 e. The van der Waals surface area contributed by atoms with Crippen LogP contribution in [0.25, 0.3) is 0 Å². The Morgan fingerprint density at radius 1 is 1.12 bits per heavy atom. The van der Waals surface area contributed by atoms with Gasteiger partial charge >= 0.3 is 5.97 Å². The van der Waals surface area contributed by atoms with E-state index in [1.54, 1.807) is 12.1 Å². The molecule has 1 saturated heterocycles. The Balaban J connectivity index is 1.62. The van der Waals surface area contributed by atoms with Gasteiger partial charge in [0.25, 0.3) is 5.91 Å². The van der Waals surface area contributed by atoms with E-state index in [1.807, 2.05) is 30.3 Å². The van der Waals surface area contributed by atoms with Crippen molar-refractivity contribution >= 4 is 23.5 Å². The molecule has 2 amide bonds. The van der Waals surface area contributed by atoms with Crippen LogP contribution in [0.3, 0.4) is 0 Å². The first-order valence-electron chi connectivity index (χ1n) is 8.42. The van der Waals surface area contributed by atoms with Crippen LogP contribution in [0, 0.1) is 0 Å². The fraction of sp³-hybridized carbons (Fsp3) is 0.250. The molecule has 0 aromatic heterocycles. The van der Waals surface area contributed by atoms with Crippen LogP contribution in [-0.4, -0.2) is 37.5 Å². The number of carbonyl (C=O) groups excluding carboxylic acids is 3. The summed E-state index contributed by atoms with van der Waals surface area (Å²) >= 11 is 0. The first kappa shape index (κ1) is 17.8. The zero-order chi connectivity index (χ0) is 18.5. The molecule has 0 unspecified atom stereocenters. The summed E-state index contributed by atoms with van der Waals surface area (Å²) in [5, 5.41) is 3.16. The lowest BCUT2D eigenvalue weighted by Crippen LogP contribution is -2.39. The molecule has 1 atom stereocenters. The zero-order valence-electron chi connectivity index (χ0n) is 14.5. The van der Waals surface area contributed by atoms with Crippen LogP contribution >= 0.6 is 0 Å². The highest BCUT2D eigenvalue weighted by atomic mass is 16.5. The number of hydrogen-bond donors (Lipinski definition) is 1. The van der Waals surface area contributed by atoms with Crippen LogP contribution in [0.15, 0.2) is 54.6 Å². The lowest BCUT2D eigenvalue weighted by Gasteiger charge is -2.16. The van der Waals surface area contributed by atoms with Crippen LogP contribution < -0.4 is 10.2 Å². The number of ether oxygens (including phenoxy) is 1. The number of rotatable bonds is 6.